The number of pyridine rings is 1. The van der Waals surface area contributed by atoms with E-state index in [-0.39, 0.29) is 17.9 Å². The SMILES string of the molecule is CCC(=O)N1CC[C@@H](Nc2nn(Cc3ccc(OC)cc3)c3nccc(Nc4ccc(C(=O)OC)cc4)c23)C1. The number of esters is 1. The minimum Gasteiger partial charge on any atom is -0.497 e. The fourth-order valence-electron chi connectivity index (χ4n) is 4.80. The molecule has 1 amide bonds. The van der Waals surface area contributed by atoms with E-state index in [1.807, 2.05) is 59.0 Å². The number of hydrogen-bond donors (Lipinski definition) is 2. The Labute approximate surface area is 226 Å². The van der Waals surface area contributed by atoms with E-state index < -0.39 is 0 Å². The molecular weight excluding hydrogens is 496 g/mol. The molecule has 0 bridgehead atoms. The number of nitrogens with zero attached hydrogens (tertiary/aromatic N) is 4. The number of carbonyl (C=O) groups is 2. The van der Waals surface area contributed by atoms with Crippen LogP contribution >= 0.6 is 0 Å². The number of ether oxygens (including phenoxy) is 2. The first kappa shape index (κ1) is 26.0. The summed E-state index contributed by atoms with van der Waals surface area (Å²) < 4.78 is 12.0. The maximum absolute atomic E-state index is 12.2. The van der Waals surface area contributed by atoms with Crippen molar-refractivity contribution in [1.82, 2.24) is 19.7 Å². The first-order chi connectivity index (χ1) is 19.0. The van der Waals surface area contributed by atoms with Gasteiger partial charge in [-0.05, 0) is 54.4 Å². The molecule has 5 rings (SSSR count). The normalized spacial score (nSPS) is 14.8. The summed E-state index contributed by atoms with van der Waals surface area (Å²) in [5.74, 6) is 1.28. The highest BCUT2D eigenvalue weighted by Crippen LogP contribution is 2.33. The first-order valence-corrected chi connectivity index (χ1v) is 13.0. The van der Waals surface area contributed by atoms with Crippen molar-refractivity contribution in [2.75, 3.05) is 37.9 Å². The van der Waals surface area contributed by atoms with Crippen LogP contribution in [0.3, 0.4) is 0 Å². The lowest BCUT2D eigenvalue weighted by molar-refractivity contribution is -0.129. The summed E-state index contributed by atoms with van der Waals surface area (Å²) in [7, 11) is 3.01. The van der Waals surface area contributed by atoms with Crippen LogP contribution in [0.5, 0.6) is 5.75 Å². The topological polar surface area (TPSA) is 111 Å². The van der Waals surface area contributed by atoms with Crippen LogP contribution < -0.4 is 15.4 Å². The van der Waals surface area contributed by atoms with Gasteiger partial charge in [0.25, 0.3) is 0 Å². The molecule has 0 spiro atoms. The molecule has 39 heavy (non-hydrogen) atoms. The molecule has 0 saturated carbocycles. The van der Waals surface area contributed by atoms with Crippen molar-refractivity contribution >= 4 is 40.1 Å². The van der Waals surface area contributed by atoms with Gasteiger partial charge in [0.1, 0.15) is 5.75 Å². The molecule has 10 nitrogen and oxygen atoms in total. The summed E-state index contributed by atoms with van der Waals surface area (Å²) in [5, 5.41) is 12.8. The maximum atomic E-state index is 12.2. The lowest BCUT2D eigenvalue weighted by Gasteiger charge is -2.16. The van der Waals surface area contributed by atoms with Crippen LogP contribution in [0.25, 0.3) is 11.0 Å². The number of hydrogen-bond acceptors (Lipinski definition) is 8. The van der Waals surface area contributed by atoms with Gasteiger partial charge >= 0.3 is 5.97 Å². The fraction of sp³-hybridized carbons (Fsp3) is 0.310. The molecule has 1 atom stereocenters. The number of fused-ring (bicyclic) bond motifs is 1. The molecule has 1 saturated heterocycles. The molecule has 0 unspecified atom stereocenters. The van der Waals surface area contributed by atoms with E-state index in [9.17, 15) is 9.59 Å². The second kappa shape index (κ2) is 11.4. The third-order valence-electron chi connectivity index (χ3n) is 6.89. The molecule has 3 heterocycles. The number of rotatable bonds is 9. The summed E-state index contributed by atoms with van der Waals surface area (Å²) in [6, 6.07) is 17.0. The van der Waals surface area contributed by atoms with Gasteiger partial charge in [-0.15, -0.1) is 0 Å². The standard InChI is InChI=1S/C29H32N6O4/c1-4-25(36)34-16-14-22(18-34)32-27-26-24(31-21-9-7-20(8-10-21)29(37)39-3)13-15-30-28(26)35(33-27)17-19-5-11-23(38-2)12-6-19/h5-13,15,22H,4,14,16-18H2,1-3H3,(H,30,31)(H,32,33)/t22-/m1/s1. The van der Waals surface area contributed by atoms with Crippen molar-refractivity contribution in [3.8, 4) is 5.75 Å². The van der Waals surface area contributed by atoms with Crippen molar-refractivity contribution < 1.29 is 19.1 Å². The summed E-state index contributed by atoms with van der Waals surface area (Å²) in [5.41, 5.74) is 3.90. The highest BCUT2D eigenvalue weighted by molar-refractivity contribution is 6.00. The lowest BCUT2D eigenvalue weighted by Crippen LogP contribution is -2.31. The second-order valence-corrected chi connectivity index (χ2v) is 9.43. The van der Waals surface area contributed by atoms with E-state index in [4.69, 9.17) is 14.6 Å². The molecule has 1 fully saturated rings. The Bertz CT molecular complexity index is 1470. The minimum absolute atomic E-state index is 0.0837. The monoisotopic (exact) mass is 528 g/mol. The molecule has 0 radical (unpaired) electrons. The molecule has 2 aromatic carbocycles. The number of methoxy groups -OCH3 is 2. The van der Waals surface area contributed by atoms with E-state index >= 15 is 0 Å². The zero-order valence-corrected chi connectivity index (χ0v) is 22.3. The van der Waals surface area contributed by atoms with Gasteiger partial charge in [0.2, 0.25) is 5.91 Å². The Morgan fingerprint density at radius 2 is 1.82 bits per heavy atom. The van der Waals surface area contributed by atoms with Gasteiger partial charge in [-0.3, -0.25) is 4.79 Å². The fourth-order valence-corrected chi connectivity index (χ4v) is 4.80. The zero-order chi connectivity index (χ0) is 27.4. The van der Waals surface area contributed by atoms with Gasteiger partial charge in [0.15, 0.2) is 11.5 Å². The van der Waals surface area contributed by atoms with Crippen molar-refractivity contribution in [3.63, 3.8) is 0 Å². The lowest BCUT2D eigenvalue weighted by atomic mass is 10.2. The van der Waals surface area contributed by atoms with E-state index in [1.165, 1.54) is 7.11 Å². The third kappa shape index (κ3) is 5.64. The van der Waals surface area contributed by atoms with Gasteiger partial charge in [0, 0.05) is 37.4 Å². The Morgan fingerprint density at radius 1 is 1.05 bits per heavy atom. The van der Waals surface area contributed by atoms with Crippen LogP contribution in [0.4, 0.5) is 17.2 Å². The van der Waals surface area contributed by atoms with Crippen molar-refractivity contribution in [3.05, 3.63) is 71.9 Å². The largest absolute Gasteiger partial charge is 0.497 e. The number of carbonyl (C=O) groups excluding carboxylic acids is 2. The molecule has 2 aromatic heterocycles. The predicted octanol–water partition coefficient (Wildman–Crippen LogP) is 4.44. The average molecular weight is 529 g/mol. The minimum atomic E-state index is -0.383. The Kier molecular flexibility index (Phi) is 7.62. The summed E-state index contributed by atoms with van der Waals surface area (Å²) in [4.78, 5) is 30.7. The smallest absolute Gasteiger partial charge is 0.337 e. The summed E-state index contributed by atoms with van der Waals surface area (Å²) >= 11 is 0. The van der Waals surface area contributed by atoms with Crippen LogP contribution in [0, 0.1) is 0 Å². The van der Waals surface area contributed by atoms with E-state index in [1.54, 1.807) is 25.4 Å². The van der Waals surface area contributed by atoms with Crippen molar-refractivity contribution in [2.45, 2.75) is 32.4 Å². The number of aromatic nitrogens is 3. The van der Waals surface area contributed by atoms with Gasteiger partial charge in [-0.1, -0.05) is 19.1 Å². The molecule has 4 aromatic rings. The van der Waals surface area contributed by atoms with Crippen molar-refractivity contribution in [2.24, 2.45) is 0 Å². The van der Waals surface area contributed by atoms with E-state index in [2.05, 4.69) is 15.6 Å². The summed E-state index contributed by atoms with van der Waals surface area (Å²) in [6.45, 7) is 3.78. The van der Waals surface area contributed by atoms with Crippen LogP contribution in [0.1, 0.15) is 35.7 Å². The van der Waals surface area contributed by atoms with Gasteiger partial charge < -0.3 is 25.0 Å². The Balaban J connectivity index is 1.48. The number of benzene rings is 2. The van der Waals surface area contributed by atoms with Crippen LogP contribution in [0.15, 0.2) is 60.8 Å². The molecule has 10 heteroatoms. The third-order valence-corrected chi connectivity index (χ3v) is 6.89. The number of anilines is 3. The second-order valence-electron chi connectivity index (χ2n) is 9.43. The Morgan fingerprint density at radius 3 is 2.51 bits per heavy atom. The van der Waals surface area contributed by atoms with Gasteiger partial charge in [-0.25, -0.2) is 14.5 Å². The highest BCUT2D eigenvalue weighted by Gasteiger charge is 2.27. The molecule has 1 aliphatic rings. The number of likely N-dealkylation sites (tertiary alicyclic amines) is 1. The van der Waals surface area contributed by atoms with Gasteiger partial charge in [-0.2, -0.15) is 5.10 Å². The Hall–Kier alpha value is -4.60. The van der Waals surface area contributed by atoms with E-state index in [0.29, 0.717) is 30.9 Å². The molecule has 0 aliphatic carbocycles. The molecular formula is C29H32N6O4. The van der Waals surface area contributed by atoms with Crippen LogP contribution in [-0.4, -0.2) is 64.9 Å². The van der Waals surface area contributed by atoms with Crippen LogP contribution in [-0.2, 0) is 16.1 Å². The van der Waals surface area contributed by atoms with Crippen LogP contribution in [0.2, 0.25) is 0 Å². The molecule has 202 valence electrons. The average Bonchev–Trinajstić information content (AvgIpc) is 3.58. The molecule has 1 aliphatic heterocycles. The van der Waals surface area contributed by atoms with E-state index in [0.717, 1.165) is 46.7 Å². The van der Waals surface area contributed by atoms with Gasteiger partial charge in [0.05, 0.1) is 37.4 Å². The predicted molar refractivity (Wildman–Crippen MR) is 150 cm³/mol. The zero-order valence-electron chi connectivity index (χ0n) is 22.3. The first-order valence-electron chi connectivity index (χ1n) is 13.0. The number of nitrogens with one attached hydrogen (secondary N) is 2. The quantitative estimate of drug-likeness (QED) is 0.307. The summed E-state index contributed by atoms with van der Waals surface area (Å²) in [6.07, 6.45) is 3.09. The maximum Gasteiger partial charge on any atom is 0.337 e. The number of amides is 1. The van der Waals surface area contributed by atoms with Crippen molar-refractivity contribution in [1.29, 1.82) is 0 Å². The highest BCUT2D eigenvalue weighted by atomic mass is 16.5. The molecule has 2 N–H and O–H groups in total.